The molecule has 0 aliphatic rings. The van der Waals surface area contributed by atoms with Crippen LogP contribution in [0.25, 0.3) is 0 Å². The zero-order valence-corrected chi connectivity index (χ0v) is 10.5. The van der Waals surface area contributed by atoms with Crippen LogP contribution in [0.3, 0.4) is 0 Å². The average molecular weight is 243 g/mol. The van der Waals surface area contributed by atoms with Gasteiger partial charge in [-0.05, 0) is 31.9 Å². The molecule has 0 aromatic heterocycles. The molecule has 1 aromatic carbocycles. The second-order valence-corrected chi connectivity index (χ2v) is 3.92. The van der Waals surface area contributed by atoms with Crippen molar-refractivity contribution < 1.29 is 4.79 Å². The molecule has 1 amide bonds. The van der Waals surface area contributed by atoms with Gasteiger partial charge >= 0.3 is 0 Å². The SMILES string of the molecule is CC(C)NC(=O)CCc1ccccc1N.Cl. The molecular weight excluding hydrogens is 224 g/mol. The number of nitrogen functional groups attached to an aromatic ring is 1. The highest BCUT2D eigenvalue weighted by Gasteiger charge is 2.04. The molecule has 0 atom stereocenters. The number of aryl methyl sites for hydroxylation is 1. The number of hydrogen-bond acceptors (Lipinski definition) is 2. The van der Waals surface area contributed by atoms with Crippen molar-refractivity contribution >= 4 is 24.0 Å². The van der Waals surface area contributed by atoms with Gasteiger partial charge in [0, 0.05) is 18.2 Å². The summed E-state index contributed by atoms with van der Waals surface area (Å²) in [5, 5.41) is 2.85. The minimum Gasteiger partial charge on any atom is -0.399 e. The number of amides is 1. The zero-order chi connectivity index (χ0) is 11.3. The third kappa shape index (κ3) is 5.03. The summed E-state index contributed by atoms with van der Waals surface area (Å²) in [4.78, 5) is 11.4. The maximum atomic E-state index is 11.4. The second-order valence-electron chi connectivity index (χ2n) is 3.92. The van der Waals surface area contributed by atoms with Gasteiger partial charge in [-0.2, -0.15) is 0 Å². The molecule has 4 heteroatoms. The lowest BCUT2D eigenvalue weighted by Crippen LogP contribution is -2.30. The number of para-hydroxylation sites is 1. The van der Waals surface area contributed by atoms with Crippen LogP contribution in [0.4, 0.5) is 5.69 Å². The van der Waals surface area contributed by atoms with Crippen molar-refractivity contribution in [1.82, 2.24) is 5.32 Å². The summed E-state index contributed by atoms with van der Waals surface area (Å²) in [6.45, 7) is 3.91. The van der Waals surface area contributed by atoms with Crippen molar-refractivity contribution in [2.24, 2.45) is 0 Å². The van der Waals surface area contributed by atoms with Gasteiger partial charge < -0.3 is 11.1 Å². The molecule has 0 aliphatic carbocycles. The lowest BCUT2D eigenvalue weighted by Gasteiger charge is -2.08. The summed E-state index contributed by atoms with van der Waals surface area (Å²) in [5.41, 5.74) is 7.57. The van der Waals surface area contributed by atoms with Crippen molar-refractivity contribution in [3.8, 4) is 0 Å². The number of nitrogens with one attached hydrogen (secondary N) is 1. The molecule has 3 N–H and O–H groups in total. The van der Waals surface area contributed by atoms with Gasteiger partial charge in [0.25, 0.3) is 0 Å². The number of halogens is 1. The monoisotopic (exact) mass is 242 g/mol. The van der Waals surface area contributed by atoms with Gasteiger partial charge in [-0.3, -0.25) is 4.79 Å². The lowest BCUT2D eigenvalue weighted by molar-refractivity contribution is -0.121. The van der Waals surface area contributed by atoms with Gasteiger partial charge in [0.1, 0.15) is 0 Å². The predicted octanol–water partition coefficient (Wildman–Crippen LogP) is 2.15. The largest absolute Gasteiger partial charge is 0.399 e. The Morgan fingerprint density at radius 2 is 2.00 bits per heavy atom. The van der Waals surface area contributed by atoms with Crippen LogP contribution < -0.4 is 11.1 Å². The standard InChI is InChI=1S/C12H18N2O.ClH/c1-9(2)14-12(15)8-7-10-5-3-4-6-11(10)13;/h3-6,9H,7-8,13H2,1-2H3,(H,14,15);1H. The van der Waals surface area contributed by atoms with E-state index in [9.17, 15) is 4.79 Å². The highest BCUT2D eigenvalue weighted by molar-refractivity contribution is 5.85. The summed E-state index contributed by atoms with van der Waals surface area (Å²) >= 11 is 0. The van der Waals surface area contributed by atoms with E-state index in [0.717, 1.165) is 11.3 Å². The van der Waals surface area contributed by atoms with Crippen molar-refractivity contribution in [3.63, 3.8) is 0 Å². The van der Waals surface area contributed by atoms with Crippen LogP contribution in [0.15, 0.2) is 24.3 Å². The second kappa shape index (κ2) is 7.12. The first-order valence-corrected chi connectivity index (χ1v) is 5.22. The molecule has 90 valence electrons. The molecule has 1 aromatic rings. The maximum Gasteiger partial charge on any atom is 0.220 e. The Balaban J connectivity index is 0.00000225. The van der Waals surface area contributed by atoms with Gasteiger partial charge in [0.15, 0.2) is 0 Å². The fourth-order valence-corrected chi connectivity index (χ4v) is 1.40. The maximum absolute atomic E-state index is 11.4. The third-order valence-corrected chi connectivity index (χ3v) is 2.13. The molecule has 0 aliphatic heterocycles. The number of carbonyl (C=O) groups excluding carboxylic acids is 1. The summed E-state index contributed by atoms with van der Waals surface area (Å²) < 4.78 is 0. The van der Waals surface area contributed by atoms with E-state index in [0.29, 0.717) is 12.8 Å². The van der Waals surface area contributed by atoms with Crippen LogP contribution in [0.5, 0.6) is 0 Å². The van der Waals surface area contributed by atoms with Gasteiger partial charge in [0.05, 0.1) is 0 Å². The van der Waals surface area contributed by atoms with E-state index in [2.05, 4.69) is 5.32 Å². The first kappa shape index (κ1) is 14.8. The molecule has 16 heavy (non-hydrogen) atoms. The van der Waals surface area contributed by atoms with Crippen LogP contribution in [-0.4, -0.2) is 11.9 Å². The van der Waals surface area contributed by atoms with Gasteiger partial charge in [-0.15, -0.1) is 12.4 Å². The molecule has 1 rings (SSSR count). The van der Waals surface area contributed by atoms with Gasteiger partial charge in [0.2, 0.25) is 5.91 Å². The van der Waals surface area contributed by atoms with E-state index in [-0.39, 0.29) is 24.4 Å². The van der Waals surface area contributed by atoms with Crippen LogP contribution in [-0.2, 0) is 11.2 Å². The first-order valence-electron chi connectivity index (χ1n) is 5.22. The number of nitrogens with two attached hydrogens (primary N) is 1. The molecule has 0 radical (unpaired) electrons. The van der Waals surface area contributed by atoms with E-state index in [1.165, 1.54) is 0 Å². The molecule has 0 saturated carbocycles. The molecule has 0 spiro atoms. The summed E-state index contributed by atoms with van der Waals surface area (Å²) in [7, 11) is 0. The number of hydrogen-bond donors (Lipinski definition) is 2. The van der Waals surface area contributed by atoms with Crippen LogP contribution in [0.2, 0.25) is 0 Å². The minimum absolute atomic E-state index is 0. The Morgan fingerprint density at radius 3 is 2.56 bits per heavy atom. The Bertz CT molecular complexity index is 340. The van der Waals surface area contributed by atoms with Crippen molar-refractivity contribution in [3.05, 3.63) is 29.8 Å². The minimum atomic E-state index is 0. The Kier molecular flexibility index (Phi) is 6.58. The van der Waals surface area contributed by atoms with Crippen LogP contribution >= 0.6 is 12.4 Å². The van der Waals surface area contributed by atoms with E-state index >= 15 is 0 Å². The van der Waals surface area contributed by atoms with Crippen molar-refractivity contribution in [1.29, 1.82) is 0 Å². The van der Waals surface area contributed by atoms with E-state index in [1.807, 2.05) is 38.1 Å². The van der Waals surface area contributed by atoms with Gasteiger partial charge in [-0.1, -0.05) is 18.2 Å². The predicted molar refractivity (Wildman–Crippen MR) is 69.7 cm³/mol. The number of rotatable bonds is 4. The van der Waals surface area contributed by atoms with E-state index in [4.69, 9.17) is 5.73 Å². The quantitative estimate of drug-likeness (QED) is 0.795. The van der Waals surface area contributed by atoms with Crippen LogP contribution in [0, 0.1) is 0 Å². The molecule has 0 bridgehead atoms. The third-order valence-electron chi connectivity index (χ3n) is 2.13. The Morgan fingerprint density at radius 1 is 1.38 bits per heavy atom. The number of anilines is 1. The molecule has 3 nitrogen and oxygen atoms in total. The normalized spacial score (nSPS) is 9.69. The topological polar surface area (TPSA) is 55.1 Å². The van der Waals surface area contributed by atoms with E-state index < -0.39 is 0 Å². The lowest BCUT2D eigenvalue weighted by atomic mass is 10.1. The highest BCUT2D eigenvalue weighted by Crippen LogP contribution is 2.12. The Hall–Kier alpha value is -1.22. The fraction of sp³-hybridized carbons (Fsp3) is 0.417. The van der Waals surface area contributed by atoms with Gasteiger partial charge in [-0.25, -0.2) is 0 Å². The smallest absolute Gasteiger partial charge is 0.220 e. The molecule has 0 unspecified atom stereocenters. The van der Waals surface area contributed by atoms with Crippen LogP contribution in [0.1, 0.15) is 25.8 Å². The summed E-state index contributed by atoms with van der Waals surface area (Å²) in [6.07, 6.45) is 1.19. The highest BCUT2D eigenvalue weighted by atomic mass is 35.5. The first-order chi connectivity index (χ1) is 7.09. The zero-order valence-electron chi connectivity index (χ0n) is 9.69. The molecule has 0 saturated heterocycles. The fourth-order valence-electron chi connectivity index (χ4n) is 1.40. The molecular formula is C12H19ClN2O. The number of carbonyl (C=O) groups is 1. The molecule has 0 fully saturated rings. The average Bonchev–Trinajstić information content (AvgIpc) is 2.15. The summed E-state index contributed by atoms with van der Waals surface area (Å²) in [5.74, 6) is 0.0771. The van der Waals surface area contributed by atoms with Crippen molar-refractivity contribution in [2.45, 2.75) is 32.7 Å². The van der Waals surface area contributed by atoms with E-state index in [1.54, 1.807) is 0 Å². The number of benzene rings is 1. The summed E-state index contributed by atoms with van der Waals surface area (Å²) in [6, 6.07) is 7.85. The molecule has 0 heterocycles. The Labute approximate surface area is 103 Å². The van der Waals surface area contributed by atoms with Crippen molar-refractivity contribution in [2.75, 3.05) is 5.73 Å².